The van der Waals surface area contributed by atoms with Crippen molar-refractivity contribution in [1.82, 2.24) is 9.13 Å². The summed E-state index contributed by atoms with van der Waals surface area (Å²) in [4.78, 5) is 32.4. The number of fused-ring (bicyclic) bond motifs is 7. The monoisotopic (exact) mass is 862 g/mol. The van der Waals surface area contributed by atoms with Gasteiger partial charge in [-0.05, 0) is 35.4 Å². The number of aromatic nitrogens is 2. The molecule has 0 amide bonds. The maximum Gasteiger partial charge on any atom is 0.419 e. The molecule has 4 aromatic carbocycles. The number of thiophene rings is 2. The summed E-state index contributed by atoms with van der Waals surface area (Å²) >= 11 is 26.6. The Bertz CT molecular complexity index is 3110. The first-order chi connectivity index (χ1) is 28.3. The number of thiocarbonyl (C=S) groups is 4. The first-order valence-corrected chi connectivity index (χ1v) is 21.4. The van der Waals surface area contributed by atoms with Crippen molar-refractivity contribution in [2.75, 3.05) is 0 Å². The molecule has 0 unspecified atom stereocenters. The predicted molar refractivity (Wildman–Crippen MR) is 250 cm³/mol. The van der Waals surface area contributed by atoms with Crippen LogP contribution in [0.1, 0.15) is 44.0 Å². The molecule has 2 aliphatic carbocycles. The van der Waals surface area contributed by atoms with Crippen LogP contribution in [-0.2, 0) is 22.7 Å². The molecular formula is C46H26N2O4S6. The van der Waals surface area contributed by atoms with Gasteiger partial charge in [-0.1, -0.05) is 158 Å². The Hall–Kier alpha value is -5.60. The van der Waals surface area contributed by atoms with E-state index in [1.54, 1.807) is 4.57 Å². The van der Waals surface area contributed by atoms with Crippen molar-refractivity contribution in [2.45, 2.75) is 13.2 Å². The van der Waals surface area contributed by atoms with E-state index < -0.39 is 12.2 Å². The third kappa shape index (κ3) is 6.07. The van der Waals surface area contributed by atoms with E-state index in [2.05, 4.69) is 0 Å². The fourth-order valence-electron chi connectivity index (χ4n) is 7.51. The molecule has 6 nitrogen and oxygen atoms in total. The van der Waals surface area contributed by atoms with Gasteiger partial charge in [0.2, 0.25) is 0 Å². The Labute approximate surface area is 361 Å². The van der Waals surface area contributed by atoms with Crippen LogP contribution in [0.4, 0.5) is 9.59 Å². The molecule has 4 aromatic heterocycles. The zero-order valence-corrected chi connectivity index (χ0v) is 35.0. The van der Waals surface area contributed by atoms with Gasteiger partial charge in [0.25, 0.3) is 0 Å². The fraction of sp³-hybridized carbons (Fsp3) is 0.0435. The van der Waals surface area contributed by atoms with E-state index in [-0.39, 0.29) is 13.2 Å². The molecule has 4 heterocycles. The number of carbonyl (C=O) groups excluding carboxylic acids is 2. The van der Waals surface area contributed by atoms with Gasteiger partial charge in [0.05, 0.1) is 55.8 Å². The predicted octanol–water partition coefficient (Wildman–Crippen LogP) is 12.3. The van der Waals surface area contributed by atoms with E-state index in [4.69, 9.17) is 58.3 Å². The third-order valence-corrected chi connectivity index (χ3v) is 14.3. The summed E-state index contributed by atoms with van der Waals surface area (Å²) in [5, 5.41) is 0. The largest absolute Gasteiger partial charge is 0.444 e. The number of nitrogens with zero attached hydrogens (tertiary/aromatic N) is 2. The Morgan fingerprint density at radius 1 is 0.534 bits per heavy atom. The lowest BCUT2D eigenvalue weighted by atomic mass is 10.1. The summed E-state index contributed by atoms with van der Waals surface area (Å²) in [6.45, 7) is 0.106. The lowest BCUT2D eigenvalue weighted by Gasteiger charge is -2.11. The Morgan fingerprint density at radius 3 is 1.52 bits per heavy atom. The molecule has 8 aromatic rings. The van der Waals surface area contributed by atoms with E-state index in [1.165, 1.54) is 27.2 Å². The summed E-state index contributed by atoms with van der Waals surface area (Å²) in [7, 11) is 0. The van der Waals surface area contributed by atoms with Crippen LogP contribution in [0.3, 0.4) is 0 Å². The lowest BCUT2D eigenvalue weighted by molar-refractivity contribution is 0.141. The highest BCUT2D eigenvalue weighted by Crippen LogP contribution is 2.46. The van der Waals surface area contributed by atoms with Gasteiger partial charge < -0.3 is 9.47 Å². The topological polar surface area (TPSA) is 62.5 Å². The molecule has 0 fully saturated rings. The average molecular weight is 863 g/mol. The lowest BCUT2D eigenvalue weighted by Crippen LogP contribution is -2.17. The molecule has 0 spiro atoms. The van der Waals surface area contributed by atoms with Crippen LogP contribution in [0, 0.1) is 0 Å². The van der Waals surface area contributed by atoms with Gasteiger partial charge in [0, 0.05) is 38.3 Å². The molecule has 0 saturated carbocycles. The van der Waals surface area contributed by atoms with Gasteiger partial charge in [-0.25, -0.2) is 18.7 Å². The molecule has 0 bridgehead atoms. The van der Waals surface area contributed by atoms with Gasteiger partial charge in [0.15, 0.2) is 0 Å². The van der Waals surface area contributed by atoms with E-state index in [0.717, 1.165) is 57.9 Å². The number of benzene rings is 4. The summed E-state index contributed by atoms with van der Waals surface area (Å²) in [5.41, 5.74) is 9.03. The molecule has 58 heavy (non-hydrogen) atoms. The molecule has 0 atom stereocenters. The highest BCUT2D eigenvalue weighted by molar-refractivity contribution is 7.84. The second-order valence-electron chi connectivity index (χ2n) is 13.7. The standard InChI is InChI=1S/C46H26N2O4S6/c49-45(51-23-25-11-3-1-4-12-25)47-27(19-33-39(53)29-15-7-8-16-30(29)40(33)54)20-36-37(47)38-44(58-36)43-35(48(38)46(50)52-24-26-13-5-2-6-14-26)22-28(57-43)21-34-41(55)31-17-9-10-18-32(31)42(34)56/h1-22H,23-24H2. The van der Waals surface area contributed by atoms with Crippen molar-refractivity contribution in [2.24, 2.45) is 0 Å². The number of hydrogen-bond acceptors (Lipinski definition) is 10. The van der Waals surface area contributed by atoms with Gasteiger partial charge in [0.1, 0.15) is 13.2 Å². The maximum absolute atomic E-state index is 14.5. The van der Waals surface area contributed by atoms with Crippen molar-refractivity contribution in [1.29, 1.82) is 0 Å². The van der Waals surface area contributed by atoms with Crippen molar-refractivity contribution in [3.63, 3.8) is 0 Å². The number of allylic oxidation sites excluding steroid dienone is 2. The minimum Gasteiger partial charge on any atom is -0.444 e. The van der Waals surface area contributed by atoms with Crippen LogP contribution >= 0.6 is 71.5 Å². The molecule has 0 radical (unpaired) electrons. The molecule has 12 heteroatoms. The van der Waals surface area contributed by atoms with Crippen molar-refractivity contribution in [3.05, 3.63) is 176 Å². The maximum atomic E-state index is 14.5. The average Bonchev–Trinajstić information content (AvgIpc) is 4.07. The molecule has 0 N–H and O–H groups in total. The van der Waals surface area contributed by atoms with E-state index in [0.29, 0.717) is 47.3 Å². The summed E-state index contributed by atoms with van der Waals surface area (Å²) in [5.74, 6) is 0. The van der Waals surface area contributed by atoms with E-state index in [1.807, 2.05) is 133 Å². The number of carbonyl (C=O) groups is 2. The van der Waals surface area contributed by atoms with Crippen LogP contribution in [0.5, 0.6) is 0 Å². The first-order valence-electron chi connectivity index (χ1n) is 18.1. The van der Waals surface area contributed by atoms with Gasteiger partial charge in [-0.2, -0.15) is 0 Å². The Morgan fingerprint density at radius 2 is 1.00 bits per heavy atom. The molecule has 0 saturated heterocycles. The zero-order chi connectivity index (χ0) is 39.7. The minimum atomic E-state index is -0.611. The van der Waals surface area contributed by atoms with Crippen LogP contribution in [-0.4, -0.2) is 40.8 Å². The molecule has 10 rings (SSSR count). The second-order valence-corrected chi connectivity index (χ2v) is 17.5. The zero-order valence-electron chi connectivity index (χ0n) is 30.1. The molecule has 0 aliphatic heterocycles. The second kappa shape index (κ2) is 14.7. The molecule has 280 valence electrons. The van der Waals surface area contributed by atoms with Crippen molar-refractivity contribution < 1.29 is 19.1 Å². The fourth-order valence-corrected chi connectivity index (χ4v) is 11.4. The van der Waals surface area contributed by atoms with Gasteiger partial charge in [-0.15, -0.1) is 22.7 Å². The Balaban J connectivity index is 1.16. The van der Waals surface area contributed by atoms with Crippen LogP contribution < -0.4 is 0 Å². The number of hydrogen-bond donors (Lipinski definition) is 0. The van der Waals surface area contributed by atoms with Gasteiger partial charge in [-0.3, -0.25) is 0 Å². The first kappa shape index (κ1) is 36.7. The van der Waals surface area contributed by atoms with Crippen LogP contribution in [0.25, 0.3) is 42.8 Å². The quantitative estimate of drug-likeness (QED) is 0.121. The third-order valence-electron chi connectivity index (χ3n) is 10.2. The smallest absolute Gasteiger partial charge is 0.419 e. The summed E-state index contributed by atoms with van der Waals surface area (Å²) in [6, 6.07) is 38.6. The van der Waals surface area contributed by atoms with Crippen LogP contribution in [0.2, 0.25) is 0 Å². The van der Waals surface area contributed by atoms with Gasteiger partial charge >= 0.3 is 12.2 Å². The van der Waals surface area contributed by atoms with E-state index >= 15 is 0 Å². The van der Waals surface area contributed by atoms with Crippen molar-refractivity contribution in [3.8, 4) is 0 Å². The number of rotatable bonds is 6. The SMILES string of the molecule is O=C(OCc1ccccc1)n1c(C=C2C(=S)c3ccccc3C2=S)cc2sc3c4sc(C=C5C(=S)c6ccccc6C5=S)cc4n(C(=O)OCc4ccccc4)c3c21. The number of ether oxygens (including phenoxy) is 2. The summed E-state index contributed by atoms with van der Waals surface area (Å²) in [6.07, 6.45) is 2.66. The van der Waals surface area contributed by atoms with E-state index in [9.17, 15) is 9.59 Å². The van der Waals surface area contributed by atoms with Crippen LogP contribution in [0.15, 0.2) is 132 Å². The highest BCUT2D eigenvalue weighted by Gasteiger charge is 2.32. The Kier molecular flexibility index (Phi) is 9.28. The minimum absolute atomic E-state index is 0.0474. The van der Waals surface area contributed by atoms with Crippen molar-refractivity contribution >= 4 is 146 Å². The molecule has 2 aliphatic rings. The highest BCUT2D eigenvalue weighted by atomic mass is 32.1. The summed E-state index contributed by atoms with van der Waals surface area (Å²) < 4.78 is 17.6. The normalized spacial score (nSPS) is 13.5. The molecular weight excluding hydrogens is 837 g/mol.